The number of carbonyl (C=O) groups is 2. The van der Waals surface area contributed by atoms with E-state index in [1.165, 1.54) is 11.8 Å². The molecule has 0 aliphatic heterocycles. The zero-order valence-electron chi connectivity index (χ0n) is 12.7. The molecule has 6 heteroatoms. The summed E-state index contributed by atoms with van der Waals surface area (Å²) in [5.74, 6) is 0.948. The smallest absolute Gasteiger partial charge is 0.239 e. The zero-order chi connectivity index (χ0) is 15.7. The highest BCUT2D eigenvalue weighted by Crippen LogP contribution is 2.21. The molecule has 1 rings (SSSR count). The number of nitrogens with one attached hydrogen (secondary N) is 1. The minimum atomic E-state index is -0.123. The fraction of sp³-hybridized carbons (Fsp3) is 0.467. The monoisotopic (exact) mass is 310 g/mol. The standard InChI is InChI=1S/C15H22N2O3S/c1-4-16-14(18)10-17(5-2)15(19)11-21-13-8-6-12(20-3)7-9-13/h6-9H,4-5,10-11H2,1-3H3,(H,16,18). The third-order valence-electron chi connectivity index (χ3n) is 2.86. The second-order valence-electron chi connectivity index (χ2n) is 4.33. The number of nitrogens with zero attached hydrogens (tertiary/aromatic N) is 1. The third-order valence-corrected chi connectivity index (χ3v) is 3.86. The summed E-state index contributed by atoms with van der Waals surface area (Å²) in [7, 11) is 1.62. The van der Waals surface area contributed by atoms with Gasteiger partial charge in [-0.25, -0.2) is 0 Å². The van der Waals surface area contributed by atoms with Gasteiger partial charge in [-0.2, -0.15) is 0 Å². The lowest BCUT2D eigenvalue weighted by Gasteiger charge is -2.20. The van der Waals surface area contributed by atoms with Gasteiger partial charge in [0.2, 0.25) is 11.8 Å². The van der Waals surface area contributed by atoms with E-state index in [-0.39, 0.29) is 18.4 Å². The van der Waals surface area contributed by atoms with Crippen LogP contribution in [0.25, 0.3) is 0 Å². The van der Waals surface area contributed by atoms with Crippen LogP contribution in [0.5, 0.6) is 5.75 Å². The lowest BCUT2D eigenvalue weighted by atomic mass is 10.3. The minimum absolute atomic E-state index is 0.0374. The number of hydrogen-bond donors (Lipinski definition) is 1. The largest absolute Gasteiger partial charge is 0.497 e. The summed E-state index contributed by atoms with van der Waals surface area (Å²) in [4.78, 5) is 26.2. The molecule has 0 saturated heterocycles. The van der Waals surface area contributed by atoms with Crippen LogP contribution in [0.3, 0.4) is 0 Å². The van der Waals surface area contributed by atoms with Gasteiger partial charge in [0.1, 0.15) is 5.75 Å². The van der Waals surface area contributed by atoms with Crippen molar-refractivity contribution in [1.29, 1.82) is 0 Å². The summed E-state index contributed by atoms with van der Waals surface area (Å²) >= 11 is 1.45. The van der Waals surface area contributed by atoms with E-state index in [0.29, 0.717) is 18.8 Å². The molecule has 0 heterocycles. The fourth-order valence-electron chi connectivity index (χ4n) is 1.71. The number of likely N-dealkylation sites (N-methyl/N-ethyl adjacent to an activating group) is 2. The number of methoxy groups -OCH3 is 1. The average molecular weight is 310 g/mol. The molecule has 1 aromatic carbocycles. The van der Waals surface area contributed by atoms with Gasteiger partial charge in [-0.3, -0.25) is 9.59 Å². The van der Waals surface area contributed by atoms with Crippen LogP contribution in [0.1, 0.15) is 13.8 Å². The SMILES string of the molecule is CCNC(=O)CN(CC)C(=O)CSc1ccc(OC)cc1. The maximum atomic E-state index is 12.1. The molecule has 0 spiro atoms. The molecule has 0 radical (unpaired) electrons. The van der Waals surface area contributed by atoms with Gasteiger partial charge >= 0.3 is 0 Å². The van der Waals surface area contributed by atoms with Crippen molar-refractivity contribution in [3.05, 3.63) is 24.3 Å². The van der Waals surface area contributed by atoms with Crippen molar-refractivity contribution in [2.24, 2.45) is 0 Å². The lowest BCUT2D eigenvalue weighted by Crippen LogP contribution is -2.41. The fourth-order valence-corrected chi connectivity index (χ4v) is 2.51. The number of carbonyl (C=O) groups excluding carboxylic acids is 2. The van der Waals surface area contributed by atoms with Gasteiger partial charge < -0.3 is 15.0 Å². The van der Waals surface area contributed by atoms with Crippen LogP contribution in [0, 0.1) is 0 Å². The first kappa shape index (κ1) is 17.4. The average Bonchev–Trinajstić information content (AvgIpc) is 2.51. The van der Waals surface area contributed by atoms with Gasteiger partial charge in [0.25, 0.3) is 0 Å². The Balaban J connectivity index is 2.47. The summed E-state index contributed by atoms with van der Waals surface area (Å²) in [6.07, 6.45) is 0. The molecule has 0 fully saturated rings. The minimum Gasteiger partial charge on any atom is -0.497 e. The van der Waals surface area contributed by atoms with Crippen molar-refractivity contribution in [3.8, 4) is 5.75 Å². The first-order valence-electron chi connectivity index (χ1n) is 6.92. The Morgan fingerprint density at radius 3 is 2.43 bits per heavy atom. The van der Waals surface area contributed by atoms with Crippen LogP contribution in [0.2, 0.25) is 0 Å². The van der Waals surface area contributed by atoms with Crippen LogP contribution < -0.4 is 10.1 Å². The quantitative estimate of drug-likeness (QED) is 0.744. The molecule has 2 amide bonds. The number of amides is 2. The lowest BCUT2D eigenvalue weighted by molar-refractivity contribution is -0.133. The van der Waals surface area contributed by atoms with Crippen molar-refractivity contribution >= 4 is 23.6 Å². The maximum absolute atomic E-state index is 12.1. The van der Waals surface area contributed by atoms with Crippen LogP contribution in [0.4, 0.5) is 0 Å². The molecule has 5 nitrogen and oxygen atoms in total. The van der Waals surface area contributed by atoms with Crippen molar-refractivity contribution in [3.63, 3.8) is 0 Å². The molecule has 21 heavy (non-hydrogen) atoms. The highest BCUT2D eigenvalue weighted by atomic mass is 32.2. The Kier molecular flexibility index (Phi) is 7.68. The molecule has 1 N–H and O–H groups in total. The van der Waals surface area contributed by atoms with Crippen molar-refractivity contribution in [2.75, 3.05) is 32.5 Å². The Hall–Kier alpha value is -1.69. The van der Waals surface area contributed by atoms with Gasteiger partial charge in [0.15, 0.2) is 0 Å². The molecule has 116 valence electrons. The second-order valence-corrected chi connectivity index (χ2v) is 5.37. The van der Waals surface area contributed by atoms with Gasteiger partial charge in [-0.1, -0.05) is 0 Å². The molecule has 0 unspecified atom stereocenters. The number of thioether (sulfide) groups is 1. The summed E-state index contributed by atoms with van der Waals surface area (Å²) in [6.45, 7) is 4.95. The van der Waals surface area contributed by atoms with Crippen LogP contribution in [-0.2, 0) is 9.59 Å². The first-order valence-corrected chi connectivity index (χ1v) is 7.90. The van der Waals surface area contributed by atoms with E-state index in [0.717, 1.165) is 10.6 Å². The highest BCUT2D eigenvalue weighted by Gasteiger charge is 2.15. The van der Waals surface area contributed by atoms with Crippen molar-refractivity contribution in [2.45, 2.75) is 18.7 Å². The predicted molar refractivity (Wildman–Crippen MR) is 84.7 cm³/mol. The molecule has 0 aliphatic rings. The molecule has 0 atom stereocenters. The van der Waals surface area contributed by atoms with E-state index < -0.39 is 0 Å². The molecule has 0 aliphatic carbocycles. The zero-order valence-corrected chi connectivity index (χ0v) is 13.5. The van der Waals surface area contributed by atoms with Crippen molar-refractivity contribution in [1.82, 2.24) is 10.2 Å². The summed E-state index contributed by atoms with van der Waals surface area (Å²) < 4.78 is 5.09. The van der Waals surface area contributed by atoms with Gasteiger partial charge in [0, 0.05) is 18.0 Å². The highest BCUT2D eigenvalue weighted by molar-refractivity contribution is 8.00. The van der Waals surface area contributed by atoms with Gasteiger partial charge in [-0.15, -0.1) is 11.8 Å². The summed E-state index contributed by atoms with van der Waals surface area (Å²) in [5.41, 5.74) is 0. The molecule has 1 aromatic rings. The van der Waals surface area contributed by atoms with Crippen molar-refractivity contribution < 1.29 is 14.3 Å². The number of hydrogen-bond acceptors (Lipinski definition) is 4. The van der Waals surface area contributed by atoms with E-state index in [2.05, 4.69) is 5.32 Å². The maximum Gasteiger partial charge on any atom is 0.239 e. The summed E-state index contributed by atoms with van der Waals surface area (Å²) in [6, 6.07) is 7.55. The first-order chi connectivity index (χ1) is 10.1. The van der Waals surface area contributed by atoms with E-state index in [4.69, 9.17) is 4.74 Å². The molecule has 0 bridgehead atoms. The molecule has 0 saturated carbocycles. The van der Waals surface area contributed by atoms with E-state index in [9.17, 15) is 9.59 Å². The molecule has 0 aromatic heterocycles. The van der Waals surface area contributed by atoms with E-state index in [1.54, 1.807) is 12.0 Å². The van der Waals surface area contributed by atoms with Crippen LogP contribution in [0.15, 0.2) is 29.2 Å². The Labute approximate surface area is 130 Å². The third kappa shape index (κ3) is 6.08. The van der Waals surface area contributed by atoms with Crippen LogP contribution >= 0.6 is 11.8 Å². The predicted octanol–water partition coefficient (Wildman–Crippen LogP) is 1.77. The number of rotatable bonds is 8. The van der Waals surface area contributed by atoms with Crippen LogP contribution in [-0.4, -0.2) is 49.2 Å². The topological polar surface area (TPSA) is 58.6 Å². The van der Waals surface area contributed by atoms with E-state index >= 15 is 0 Å². The number of ether oxygens (including phenoxy) is 1. The second kappa shape index (κ2) is 9.28. The Bertz CT molecular complexity index is 462. The van der Waals surface area contributed by atoms with Gasteiger partial charge in [-0.05, 0) is 38.1 Å². The Morgan fingerprint density at radius 2 is 1.90 bits per heavy atom. The number of benzene rings is 1. The van der Waals surface area contributed by atoms with E-state index in [1.807, 2.05) is 38.1 Å². The Morgan fingerprint density at radius 1 is 1.24 bits per heavy atom. The normalized spacial score (nSPS) is 10.0. The molecular formula is C15H22N2O3S. The molecular weight excluding hydrogens is 288 g/mol. The van der Waals surface area contributed by atoms with Gasteiger partial charge in [0.05, 0.1) is 19.4 Å². The summed E-state index contributed by atoms with van der Waals surface area (Å²) in [5, 5.41) is 2.70.